The predicted octanol–water partition coefficient (Wildman–Crippen LogP) is 6.81. The molecule has 0 unspecified atom stereocenters. The molecule has 0 aliphatic carbocycles. The minimum absolute atomic E-state index is 0.626. The van der Waals surface area contributed by atoms with E-state index in [4.69, 9.17) is 9.47 Å². The van der Waals surface area contributed by atoms with Crippen molar-refractivity contribution < 1.29 is 9.47 Å². The maximum absolute atomic E-state index is 5.51. The van der Waals surface area contributed by atoms with E-state index in [1.54, 1.807) is 14.2 Å². The Labute approximate surface area is 199 Å². The van der Waals surface area contributed by atoms with Gasteiger partial charge in [-0.05, 0) is 45.8 Å². The first-order valence-electron chi connectivity index (χ1n) is 11.0. The van der Waals surface area contributed by atoms with E-state index >= 15 is 0 Å². The molecule has 0 heterocycles. The van der Waals surface area contributed by atoms with Crippen LogP contribution in [-0.4, -0.2) is 14.2 Å². The lowest BCUT2D eigenvalue weighted by Gasteiger charge is -2.09. The SMILES string of the molecule is COc1cc(C#Cc2ccc3ccccc3c2)c(C#Cc2ccc3ccccc3c2)cc1OC. The van der Waals surface area contributed by atoms with Crippen molar-refractivity contribution in [3.8, 4) is 35.2 Å². The van der Waals surface area contributed by atoms with Gasteiger partial charge in [-0.15, -0.1) is 0 Å². The molecule has 0 atom stereocenters. The van der Waals surface area contributed by atoms with Crippen LogP contribution in [0.1, 0.15) is 22.3 Å². The van der Waals surface area contributed by atoms with Crippen LogP contribution in [-0.2, 0) is 0 Å². The second-order valence-electron chi connectivity index (χ2n) is 7.88. The number of ether oxygens (including phenoxy) is 2. The molecule has 0 saturated heterocycles. The Morgan fingerprint density at radius 3 is 1.26 bits per heavy atom. The normalized spacial score (nSPS) is 10.2. The zero-order valence-electron chi connectivity index (χ0n) is 19.1. The average Bonchev–Trinajstić information content (AvgIpc) is 2.90. The summed E-state index contributed by atoms with van der Waals surface area (Å²) in [7, 11) is 3.25. The highest BCUT2D eigenvalue weighted by atomic mass is 16.5. The molecular weight excluding hydrogens is 416 g/mol. The van der Waals surface area contributed by atoms with Crippen LogP contribution < -0.4 is 9.47 Å². The summed E-state index contributed by atoms with van der Waals surface area (Å²) in [6.45, 7) is 0. The number of hydrogen-bond acceptors (Lipinski definition) is 2. The summed E-state index contributed by atoms with van der Waals surface area (Å²) < 4.78 is 11.0. The maximum atomic E-state index is 5.51. The summed E-state index contributed by atoms with van der Waals surface area (Å²) in [6.07, 6.45) is 0. The van der Waals surface area contributed by atoms with Crippen molar-refractivity contribution in [3.05, 3.63) is 119 Å². The molecule has 5 rings (SSSR count). The Balaban J connectivity index is 1.57. The fourth-order valence-corrected chi connectivity index (χ4v) is 3.90. The Morgan fingerprint density at radius 1 is 0.441 bits per heavy atom. The van der Waals surface area contributed by atoms with Gasteiger partial charge >= 0.3 is 0 Å². The van der Waals surface area contributed by atoms with Crippen molar-refractivity contribution in [3.63, 3.8) is 0 Å². The largest absolute Gasteiger partial charge is 0.493 e. The standard InChI is InChI=1S/C32H22O2/c1-33-31-21-29(17-13-23-11-15-25-7-3-5-9-27(25)19-23)30(22-32(31)34-2)18-14-24-12-16-26-8-4-6-10-28(26)20-24/h3-12,15-16,19-22H,1-2H3. The van der Waals surface area contributed by atoms with Crippen LogP contribution in [0.2, 0.25) is 0 Å². The highest BCUT2D eigenvalue weighted by molar-refractivity contribution is 5.84. The molecule has 2 heteroatoms. The summed E-state index contributed by atoms with van der Waals surface area (Å²) in [5.74, 6) is 14.4. The summed E-state index contributed by atoms with van der Waals surface area (Å²) in [4.78, 5) is 0. The van der Waals surface area contributed by atoms with Crippen LogP contribution in [0.15, 0.2) is 97.1 Å². The molecule has 162 valence electrons. The van der Waals surface area contributed by atoms with E-state index in [1.807, 2.05) is 48.5 Å². The molecule has 0 amide bonds. The molecule has 0 aromatic heterocycles. The molecule has 0 fully saturated rings. The molecule has 5 aromatic rings. The Hall–Kier alpha value is -4.66. The number of methoxy groups -OCH3 is 2. The third kappa shape index (κ3) is 4.44. The molecule has 0 radical (unpaired) electrons. The predicted molar refractivity (Wildman–Crippen MR) is 139 cm³/mol. The van der Waals surface area contributed by atoms with E-state index in [-0.39, 0.29) is 0 Å². The van der Waals surface area contributed by atoms with E-state index in [9.17, 15) is 0 Å². The van der Waals surface area contributed by atoms with Gasteiger partial charge in [-0.2, -0.15) is 0 Å². The average molecular weight is 439 g/mol. The Bertz CT molecular complexity index is 1510. The fraction of sp³-hybridized carbons (Fsp3) is 0.0625. The van der Waals surface area contributed by atoms with Crippen molar-refractivity contribution in [2.45, 2.75) is 0 Å². The molecule has 0 N–H and O–H groups in total. The van der Waals surface area contributed by atoms with Crippen molar-refractivity contribution >= 4 is 21.5 Å². The second kappa shape index (κ2) is 9.45. The van der Waals surface area contributed by atoms with Crippen LogP contribution in [0.25, 0.3) is 21.5 Å². The molecule has 0 saturated carbocycles. The first-order valence-corrected chi connectivity index (χ1v) is 11.0. The van der Waals surface area contributed by atoms with Gasteiger partial charge in [-0.25, -0.2) is 0 Å². The molecule has 0 bridgehead atoms. The molecule has 0 aliphatic rings. The van der Waals surface area contributed by atoms with Crippen molar-refractivity contribution in [1.29, 1.82) is 0 Å². The third-order valence-electron chi connectivity index (χ3n) is 5.71. The number of benzene rings is 5. The fourth-order valence-electron chi connectivity index (χ4n) is 3.90. The van der Waals surface area contributed by atoms with Gasteiger partial charge in [0.25, 0.3) is 0 Å². The number of hydrogen-bond donors (Lipinski definition) is 0. The van der Waals surface area contributed by atoms with E-state index in [0.29, 0.717) is 11.5 Å². The highest BCUT2D eigenvalue weighted by Gasteiger charge is 2.09. The van der Waals surface area contributed by atoms with Crippen molar-refractivity contribution in [2.24, 2.45) is 0 Å². The van der Waals surface area contributed by atoms with E-state index < -0.39 is 0 Å². The van der Waals surface area contributed by atoms with Gasteiger partial charge in [0.2, 0.25) is 0 Å². The van der Waals surface area contributed by atoms with Gasteiger partial charge in [0.1, 0.15) is 0 Å². The van der Waals surface area contributed by atoms with Gasteiger partial charge in [0.15, 0.2) is 11.5 Å². The van der Waals surface area contributed by atoms with Gasteiger partial charge in [-0.3, -0.25) is 0 Å². The summed E-state index contributed by atoms with van der Waals surface area (Å²) in [5, 5.41) is 4.72. The minimum Gasteiger partial charge on any atom is -0.493 e. The number of fused-ring (bicyclic) bond motifs is 2. The van der Waals surface area contributed by atoms with E-state index in [0.717, 1.165) is 33.0 Å². The van der Waals surface area contributed by atoms with E-state index in [1.165, 1.54) is 10.8 Å². The van der Waals surface area contributed by atoms with Crippen LogP contribution in [0.5, 0.6) is 11.5 Å². The highest BCUT2D eigenvalue weighted by Crippen LogP contribution is 2.30. The smallest absolute Gasteiger partial charge is 0.162 e. The molecular formula is C32H22O2. The molecule has 0 spiro atoms. The van der Waals surface area contributed by atoms with Gasteiger partial charge in [0, 0.05) is 34.4 Å². The zero-order chi connectivity index (χ0) is 23.3. The van der Waals surface area contributed by atoms with Gasteiger partial charge in [-0.1, -0.05) is 84.3 Å². The molecule has 2 nitrogen and oxygen atoms in total. The van der Waals surface area contributed by atoms with Crippen LogP contribution in [0.4, 0.5) is 0 Å². The maximum Gasteiger partial charge on any atom is 0.162 e. The molecule has 34 heavy (non-hydrogen) atoms. The van der Waals surface area contributed by atoms with Crippen molar-refractivity contribution in [1.82, 2.24) is 0 Å². The lowest BCUT2D eigenvalue weighted by molar-refractivity contribution is 0.355. The topological polar surface area (TPSA) is 18.5 Å². The molecule has 0 aliphatic heterocycles. The zero-order valence-corrected chi connectivity index (χ0v) is 19.1. The minimum atomic E-state index is 0.626. The first kappa shape index (κ1) is 21.2. The third-order valence-corrected chi connectivity index (χ3v) is 5.71. The lowest BCUT2D eigenvalue weighted by atomic mass is 10.0. The quantitative estimate of drug-likeness (QED) is 0.282. The summed E-state index contributed by atoms with van der Waals surface area (Å²) in [5.41, 5.74) is 3.47. The van der Waals surface area contributed by atoms with Gasteiger partial charge in [0.05, 0.1) is 14.2 Å². The van der Waals surface area contributed by atoms with E-state index in [2.05, 4.69) is 72.2 Å². The Morgan fingerprint density at radius 2 is 0.853 bits per heavy atom. The monoisotopic (exact) mass is 438 g/mol. The van der Waals surface area contributed by atoms with Crippen LogP contribution in [0, 0.1) is 23.7 Å². The van der Waals surface area contributed by atoms with Crippen LogP contribution in [0.3, 0.4) is 0 Å². The van der Waals surface area contributed by atoms with Crippen molar-refractivity contribution in [2.75, 3.05) is 14.2 Å². The summed E-state index contributed by atoms with van der Waals surface area (Å²) >= 11 is 0. The van der Waals surface area contributed by atoms with Gasteiger partial charge < -0.3 is 9.47 Å². The summed E-state index contributed by atoms with van der Waals surface area (Å²) in [6, 6.07) is 32.8. The first-order chi connectivity index (χ1) is 16.7. The molecule has 5 aromatic carbocycles. The Kier molecular flexibility index (Phi) is 5.89. The van der Waals surface area contributed by atoms with Crippen LogP contribution >= 0.6 is 0 Å². The second-order valence-corrected chi connectivity index (χ2v) is 7.88. The number of rotatable bonds is 2. The lowest BCUT2D eigenvalue weighted by Crippen LogP contribution is -1.94.